The molecule has 0 saturated heterocycles. The fraction of sp³-hybridized carbons (Fsp3) is 0.407. The first-order valence-corrected chi connectivity index (χ1v) is 11.8. The Morgan fingerprint density at radius 2 is 1.79 bits per heavy atom. The number of hydrogen-bond donors (Lipinski definition) is 0. The number of esters is 2. The van der Waals surface area contributed by atoms with Gasteiger partial charge in [0.05, 0.1) is 30.2 Å². The van der Waals surface area contributed by atoms with Gasteiger partial charge in [-0.1, -0.05) is 43.7 Å². The minimum absolute atomic E-state index is 0.133. The fourth-order valence-electron chi connectivity index (χ4n) is 3.77. The summed E-state index contributed by atoms with van der Waals surface area (Å²) in [5.41, 5.74) is 1.82. The van der Waals surface area contributed by atoms with E-state index in [2.05, 4.69) is 6.92 Å². The van der Waals surface area contributed by atoms with E-state index in [-0.39, 0.29) is 11.5 Å². The van der Waals surface area contributed by atoms with Crippen LogP contribution in [0.25, 0.3) is 10.9 Å². The van der Waals surface area contributed by atoms with Crippen LogP contribution >= 0.6 is 0 Å². The van der Waals surface area contributed by atoms with Gasteiger partial charge < -0.3 is 9.47 Å². The number of nitrogens with zero attached hydrogens (tertiary/aromatic N) is 2. The lowest BCUT2D eigenvalue weighted by atomic mass is 10.1. The molecule has 7 nitrogen and oxygen atoms in total. The van der Waals surface area contributed by atoms with Crippen LogP contribution < -0.4 is 5.56 Å². The molecule has 0 radical (unpaired) electrons. The lowest BCUT2D eigenvalue weighted by Gasteiger charge is -2.14. The largest absolute Gasteiger partial charge is 0.466 e. The summed E-state index contributed by atoms with van der Waals surface area (Å²) in [7, 11) is 1.32. The van der Waals surface area contributed by atoms with Gasteiger partial charge >= 0.3 is 11.9 Å². The van der Waals surface area contributed by atoms with Crippen LogP contribution in [0.1, 0.15) is 60.8 Å². The quantitative estimate of drug-likeness (QED) is 0.290. The maximum atomic E-state index is 13.3. The molecule has 2 aromatic carbocycles. The summed E-state index contributed by atoms with van der Waals surface area (Å²) >= 11 is 0. The summed E-state index contributed by atoms with van der Waals surface area (Å²) in [6.45, 7) is 3.01. The van der Waals surface area contributed by atoms with Gasteiger partial charge in [0.1, 0.15) is 5.82 Å². The zero-order valence-electron chi connectivity index (χ0n) is 19.9. The monoisotopic (exact) mass is 464 g/mol. The summed E-state index contributed by atoms with van der Waals surface area (Å²) in [4.78, 5) is 41.9. The molecule has 0 spiro atoms. The number of aryl methyl sites for hydroxylation is 2. The molecule has 180 valence electrons. The Morgan fingerprint density at radius 3 is 2.53 bits per heavy atom. The zero-order chi connectivity index (χ0) is 24.3. The molecule has 34 heavy (non-hydrogen) atoms. The smallest absolute Gasteiger partial charge is 0.337 e. The van der Waals surface area contributed by atoms with Crippen molar-refractivity contribution in [2.45, 2.75) is 58.4 Å². The predicted molar refractivity (Wildman–Crippen MR) is 131 cm³/mol. The molecular weight excluding hydrogens is 432 g/mol. The van der Waals surface area contributed by atoms with Gasteiger partial charge in [0.2, 0.25) is 0 Å². The molecule has 3 aromatic rings. The first-order valence-electron chi connectivity index (χ1n) is 11.8. The minimum Gasteiger partial charge on any atom is -0.466 e. The molecule has 0 saturated carbocycles. The van der Waals surface area contributed by atoms with Crippen LogP contribution in [0.2, 0.25) is 0 Å². The van der Waals surface area contributed by atoms with Crippen molar-refractivity contribution in [1.82, 2.24) is 9.55 Å². The summed E-state index contributed by atoms with van der Waals surface area (Å²) < 4.78 is 11.7. The number of ether oxygens (including phenoxy) is 2. The van der Waals surface area contributed by atoms with E-state index in [0.717, 1.165) is 18.4 Å². The SMILES string of the molecule is CCCCOC(=O)CCCCc1nc2cc(C(=O)OC)ccc2c(=O)n1CCc1ccccc1. The molecule has 0 aliphatic rings. The van der Waals surface area contributed by atoms with Crippen molar-refractivity contribution in [3.05, 3.63) is 75.8 Å². The van der Waals surface area contributed by atoms with Crippen molar-refractivity contribution in [1.29, 1.82) is 0 Å². The van der Waals surface area contributed by atoms with Crippen molar-refractivity contribution in [2.24, 2.45) is 0 Å². The summed E-state index contributed by atoms with van der Waals surface area (Å²) in [5, 5.41) is 0.462. The summed E-state index contributed by atoms with van der Waals surface area (Å²) in [6, 6.07) is 14.8. The Kier molecular flexibility index (Phi) is 9.38. The van der Waals surface area contributed by atoms with E-state index in [9.17, 15) is 14.4 Å². The number of carbonyl (C=O) groups is 2. The first-order chi connectivity index (χ1) is 16.5. The molecule has 0 fully saturated rings. The van der Waals surface area contributed by atoms with E-state index in [1.54, 1.807) is 22.8 Å². The predicted octanol–water partition coefficient (Wildman–Crippen LogP) is 4.48. The Hall–Kier alpha value is -3.48. The van der Waals surface area contributed by atoms with E-state index >= 15 is 0 Å². The third-order valence-corrected chi connectivity index (χ3v) is 5.71. The van der Waals surface area contributed by atoms with Crippen LogP contribution in [-0.4, -0.2) is 35.2 Å². The van der Waals surface area contributed by atoms with Crippen molar-refractivity contribution in [3.8, 4) is 0 Å². The lowest BCUT2D eigenvalue weighted by Crippen LogP contribution is -2.26. The van der Waals surface area contributed by atoms with Gasteiger partial charge in [-0.05, 0) is 49.4 Å². The van der Waals surface area contributed by atoms with E-state index in [1.165, 1.54) is 7.11 Å². The number of hydrogen-bond acceptors (Lipinski definition) is 6. The van der Waals surface area contributed by atoms with Crippen molar-refractivity contribution >= 4 is 22.8 Å². The molecule has 0 atom stereocenters. The summed E-state index contributed by atoms with van der Waals surface area (Å²) in [6.07, 6.45) is 4.79. The van der Waals surface area contributed by atoms with Crippen LogP contribution in [-0.2, 0) is 33.7 Å². The molecule has 0 N–H and O–H groups in total. The van der Waals surface area contributed by atoms with Crippen LogP contribution in [0.3, 0.4) is 0 Å². The highest BCUT2D eigenvalue weighted by atomic mass is 16.5. The van der Waals surface area contributed by atoms with Gasteiger partial charge in [-0.15, -0.1) is 0 Å². The average molecular weight is 465 g/mol. The molecule has 0 bridgehead atoms. The lowest BCUT2D eigenvalue weighted by molar-refractivity contribution is -0.143. The van der Waals surface area contributed by atoms with Gasteiger partial charge in [0, 0.05) is 19.4 Å². The van der Waals surface area contributed by atoms with Gasteiger partial charge in [-0.25, -0.2) is 9.78 Å². The summed E-state index contributed by atoms with van der Waals surface area (Å²) in [5.74, 6) is -0.0148. The van der Waals surface area contributed by atoms with Crippen LogP contribution in [0.5, 0.6) is 0 Å². The standard InChI is InChI=1S/C27H32N2O5/c1-3-4-18-34-25(30)13-9-8-12-24-28-23-19-21(27(32)33-2)14-15-22(23)26(31)29(24)17-16-20-10-6-5-7-11-20/h5-7,10-11,14-15,19H,3-4,8-9,12-13,16-18H2,1-2H3. The van der Waals surface area contributed by atoms with Crippen molar-refractivity contribution < 1.29 is 19.1 Å². The fourth-order valence-corrected chi connectivity index (χ4v) is 3.77. The molecule has 0 aliphatic heterocycles. The zero-order valence-corrected chi connectivity index (χ0v) is 19.9. The number of methoxy groups -OCH3 is 1. The topological polar surface area (TPSA) is 87.5 Å². The maximum Gasteiger partial charge on any atom is 0.337 e. The second-order valence-electron chi connectivity index (χ2n) is 8.23. The average Bonchev–Trinajstić information content (AvgIpc) is 2.86. The first kappa shape index (κ1) is 25.1. The molecule has 0 aliphatic carbocycles. The molecule has 1 aromatic heterocycles. The third kappa shape index (κ3) is 6.76. The van der Waals surface area contributed by atoms with E-state index < -0.39 is 5.97 Å². The normalized spacial score (nSPS) is 10.9. The number of aromatic nitrogens is 2. The molecule has 1 heterocycles. The Morgan fingerprint density at radius 1 is 1.00 bits per heavy atom. The van der Waals surface area contributed by atoms with Gasteiger partial charge in [0.15, 0.2) is 0 Å². The molecule has 7 heteroatoms. The van der Waals surface area contributed by atoms with Crippen LogP contribution in [0.15, 0.2) is 53.3 Å². The number of rotatable bonds is 12. The second kappa shape index (κ2) is 12.7. The van der Waals surface area contributed by atoms with E-state index in [1.807, 2.05) is 30.3 Å². The second-order valence-corrected chi connectivity index (χ2v) is 8.23. The molecule has 3 rings (SSSR count). The van der Waals surface area contributed by atoms with Gasteiger partial charge in [-0.2, -0.15) is 0 Å². The Labute approximate surface area is 199 Å². The third-order valence-electron chi connectivity index (χ3n) is 5.71. The number of fused-ring (bicyclic) bond motifs is 1. The van der Waals surface area contributed by atoms with Gasteiger partial charge in [-0.3, -0.25) is 14.2 Å². The molecular formula is C27H32N2O5. The maximum absolute atomic E-state index is 13.3. The Bertz CT molecular complexity index is 1170. The van der Waals surface area contributed by atoms with Crippen LogP contribution in [0.4, 0.5) is 0 Å². The van der Waals surface area contributed by atoms with Crippen molar-refractivity contribution in [2.75, 3.05) is 13.7 Å². The van der Waals surface area contributed by atoms with Crippen LogP contribution in [0, 0.1) is 0 Å². The van der Waals surface area contributed by atoms with Gasteiger partial charge in [0.25, 0.3) is 5.56 Å². The number of benzene rings is 2. The molecule has 0 unspecified atom stereocenters. The highest BCUT2D eigenvalue weighted by Gasteiger charge is 2.14. The minimum atomic E-state index is -0.472. The van der Waals surface area contributed by atoms with E-state index in [4.69, 9.17) is 14.5 Å². The van der Waals surface area contributed by atoms with Crippen molar-refractivity contribution in [3.63, 3.8) is 0 Å². The molecule has 0 amide bonds. The number of unbranched alkanes of at least 4 members (excludes halogenated alkanes) is 2. The number of carbonyl (C=O) groups excluding carboxylic acids is 2. The van der Waals surface area contributed by atoms with E-state index in [0.29, 0.717) is 67.5 Å². The highest BCUT2D eigenvalue weighted by Crippen LogP contribution is 2.15. The highest BCUT2D eigenvalue weighted by molar-refractivity contribution is 5.94. The Balaban J connectivity index is 1.80.